The van der Waals surface area contributed by atoms with Gasteiger partial charge in [-0.05, 0) is 58.2 Å². The van der Waals surface area contributed by atoms with Crippen LogP contribution in [0.2, 0.25) is 0 Å². The Morgan fingerprint density at radius 2 is 2.00 bits per heavy atom. The topological polar surface area (TPSA) is 24.5 Å². The molecular formula is C16H32N2O. The summed E-state index contributed by atoms with van der Waals surface area (Å²) < 4.78 is 5.86. The molecule has 0 radical (unpaired) electrons. The van der Waals surface area contributed by atoms with Crippen LogP contribution in [0.3, 0.4) is 0 Å². The Hall–Kier alpha value is -0.120. The van der Waals surface area contributed by atoms with Gasteiger partial charge in [0, 0.05) is 12.6 Å². The molecule has 2 fully saturated rings. The van der Waals surface area contributed by atoms with Gasteiger partial charge in [-0.3, -0.25) is 4.90 Å². The van der Waals surface area contributed by atoms with Crippen molar-refractivity contribution in [1.29, 1.82) is 0 Å². The average molecular weight is 268 g/mol. The van der Waals surface area contributed by atoms with E-state index >= 15 is 0 Å². The van der Waals surface area contributed by atoms with Gasteiger partial charge in [0.2, 0.25) is 0 Å². The number of hydrogen-bond donors (Lipinski definition) is 1. The molecule has 0 aromatic carbocycles. The summed E-state index contributed by atoms with van der Waals surface area (Å²) in [5.41, 5.74) is 0. The fourth-order valence-electron chi connectivity index (χ4n) is 3.50. The zero-order valence-electron chi connectivity index (χ0n) is 12.7. The highest BCUT2D eigenvalue weighted by Crippen LogP contribution is 2.29. The third-order valence-corrected chi connectivity index (χ3v) is 4.57. The Kier molecular flexibility index (Phi) is 7.18. The first-order chi connectivity index (χ1) is 9.42. The van der Waals surface area contributed by atoms with E-state index in [2.05, 4.69) is 17.1 Å². The van der Waals surface area contributed by atoms with Crippen LogP contribution in [0, 0.1) is 0 Å². The van der Waals surface area contributed by atoms with Gasteiger partial charge in [-0.1, -0.05) is 19.8 Å². The van der Waals surface area contributed by atoms with E-state index in [0.717, 1.165) is 12.6 Å². The van der Waals surface area contributed by atoms with E-state index in [9.17, 15) is 0 Å². The van der Waals surface area contributed by atoms with Crippen molar-refractivity contribution in [3.63, 3.8) is 0 Å². The summed E-state index contributed by atoms with van der Waals surface area (Å²) in [7, 11) is 0. The molecule has 0 aromatic heterocycles. The second-order valence-corrected chi connectivity index (χ2v) is 6.11. The maximum atomic E-state index is 5.86. The van der Waals surface area contributed by atoms with Gasteiger partial charge in [-0.25, -0.2) is 0 Å². The van der Waals surface area contributed by atoms with E-state index in [0.29, 0.717) is 6.10 Å². The van der Waals surface area contributed by atoms with E-state index in [1.54, 1.807) is 0 Å². The van der Waals surface area contributed by atoms with Crippen molar-refractivity contribution in [3.8, 4) is 0 Å². The highest BCUT2D eigenvalue weighted by atomic mass is 16.5. The van der Waals surface area contributed by atoms with Crippen LogP contribution in [0.5, 0.6) is 0 Å². The number of nitrogens with zero attached hydrogens (tertiary/aromatic N) is 1. The normalized spacial score (nSPS) is 27.6. The number of ether oxygens (including phenoxy) is 1. The maximum Gasteiger partial charge on any atom is 0.0730 e. The second kappa shape index (κ2) is 8.93. The molecular weight excluding hydrogens is 236 g/mol. The monoisotopic (exact) mass is 268 g/mol. The van der Waals surface area contributed by atoms with Crippen molar-refractivity contribution in [1.82, 2.24) is 10.2 Å². The van der Waals surface area contributed by atoms with Gasteiger partial charge in [-0.15, -0.1) is 0 Å². The first kappa shape index (κ1) is 15.3. The molecule has 3 nitrogen and oxygen atoms in total. The van der Waals surface area contributed by atoms with Gasteiger partial charge in [-0.2, -0.15) is 0 Å². The first-order valence-electron chi connectivity index (χ1n) is 8.48. The summed E-state index contributed by atoms with van der Waals surface area (Å²) in [6, 6.07) is 0.750. The quantitative estimate of drug-likeness (QED) is 0.651. The van der Waals surface area contributed by atoms with Gasteiger partial charge >= 0.3 is 0 Å². The minimum atomic E-state index is 0.562. The van der Waals surface area contributed by atoms with Crippen LogP contribution in [-0.2, 0) is 4.74 Å². The molecule has 2 rings (SSSR count). The van der Waals surface area contributed by atoms with Crippen molar-refractivity contribution in [2.45, 2.75) is 70.4 Å². The molecule has 0 bridgehead atoms. The van der Waals surface area contributed by atoms with Crippen LogP contribution in [0.1, 0.15) is 58.3 Å². The molecule has 2 aliphatic rings. The van der Waals surface area contributed by atoms with Gasteiger partial charge in [0.1, 0.15) is 0 Å². The van der Waals surface area contributed by atoms with Crippen molar-refractivity contribution in [2.75, 3.05) is 32.8 Å². The Morgan fingerprint density at radius 3 is 2.89 bits per heavy atom. The molecule has 1 saturated heterocycles. The SMILES string of the molecule is CCCNCCCCCCN1CCOC2CCCC21. The van der Waals surface area contributed by atoms with Gasteiger partial charge in [0.25, 0.3) is 0 Å². The number of fused-ring (bicyclic) bond motifs is 1. The van der Waals surface area contributed by atoms with E-state index in [-0.39, 0.29) is 0 Å². The van der Waals surface area contributed by atoms with Crippen LogP contribution < -0.4 is 5.32 Å². The molecule has 0 amide bonds. The molecule has 19 heavy (non-hydrogen) atoms. The van der Waals surface area contributed by atoms with E-state index in [1.807, 2.05) is 0 Å². The lowest BCUT2D eigenvalue weighted by atomic mass is 10.1. The van der Waals surface area contributed by atoms with Gasteiger partial charge in [0.05, 0.1) is 12.7 Å². The average Bonchev–Trinajstić information content (AvgIpc) is 2.91. The van der Waals surface area contributed by atoms with Crippen LogP contribution in [-0.4, -0.2) is 49.8 Å². The fourth-order valence-corrected chi connectivity index (χ4v) is 3.50. The minimum Gasteiger partial charge on any atom is -0.375 e. The van der Waals surface area contributed by atoms with Crippen LogP contribution in [0.4, 0.5) is 0 Å². The zero-order chi connectivity index (χ0) is 13.3. The van der Waals surface area contributed by atoms with E-state index < -0.39 is 0 Å². The van der Waals surface area contributed by atoms with Gasteiger partial charge < -0.3 is 10.1 Å². The largest absolute Gasteiger partial charge is 0.375 e. The van der Waals surface area contributed by atoms with Crippen molar-refractivity contribution >= 4 is 0 Å². The summed E-state index contributed by atoms with van der Waals surface area (Å²) in [5, 5.41) is 3.48. The Morgan fingerprint density at radius 1 is 1.11 bits per heavy atom. The molecule has 1 saturated carbocycles. The molecule has 1 heterocycles. The fraction of sp³-hybridized carbons (Fsp3) is 1.00. The lowest BCUT2D eigenvalue weighted by Crippen LogP contribution is -2.48. The van der Waals surface area contributed by atoms with Crippen molar-refractivity contribution in [3.05, 3.63) is 0 Å². The predicted octanol–water partition coefficient (Wildman–Crippen LogP) is 2.80. The maximum absolute atomic E-state index is 5.86. The summed E-state index contributed by atoms with van der Waals surface area (Å²) in [4.78, 5) is 2.70. The lowest BCUT2D eigenvalue weighted by molar-refractivity contribution is -0.0558. The number of rotatable bonds is 9. The van der Waals surface area contributed by atoms with Crippen LogP contribution in [0.25, 0.3) is 0 Å². The molecule has 0 aromatic rings. The molecule has 1 aliphatic heterocycles. The minimum absolute atomic E-state index is 0.562. The molecule has 0 spiro atoms. The summed E-state index contributed by atoms with van der Waals surface area (Å²) in [6.45, 7) is 8.03. The van der Waals surface area contributed by atoms with Crippen LogP contribution >= 0.6 is 0 Å². The second-order valence-electron chi connectivity index (χ2n) is 6.11. The molecule has 3 heteroatoms. The summed E-state index contributed by atoms with van der Waals surface area (Å²) in [5.74, 6) is 0. The first-order valence-corrected chi connectivity index (χ1v) is 8.48. The third kappa shape index (κ3) is 5.05. The third-order valence-electron chi connectivity index (χ3n) is 4.57. The number of unbranched alkanes of at least 4 members (excludes halogenated alkanes) is 3. The van der Waals surface area contributed by atoms with Gasteiger partial charge in [0.15, 0.2) is 0 Å². The number of morpholine rings is 1. The van der Waals surface area contributed by atoms with Crippen molar-refractivity contribution < 1.29 is 4.74 Å². The summed E-state index contributed by atoms with van der Waals surface area (Å²) >= 11 is 0. The predicted molar refractivity (Wildman–Crippen MR) is 80.6 cm³/mol. The lowest BCUT2D eigenvalue weighted by Gasteiger charge is -2.37. The molecule has 2 atom stereocenters. The van der Waals surface area contributed by atoms with E-state index in [4.69, 9.17) is 4.74 Å². The molecule has 1 N–H and O–H groups in total. The molecule has 2 unspecified atom stereocenters. The Balaban J connectivity index is 1.48. The van der Waals surface area contributed by atoms with Crippen molar-refractivity contribution in [2.24, 2.45) is 0 Å². The van der Waals surface area contributed by atoms with E-state index in [1.165, 1.54) is 77.5 Å². The zero-order valence-corrected chi connectivity index (χ0v) is 12.7. The molecule has 112 valence electrons. The standard InChI is InChI=1S/C16H32N2O/c1-2-10-17-11-5-3-4-6-12-18-13-14-19-16-9-7-8-15(16)18/h15-17H,2-14H2,1H3. The van der Waals surface area contributed by atoms with Crippen LogP contribution in [0.15, 0.2) is 0 Å². The highest BCUT2D eigenvalue weighted by molar-refractivity contribution is 4.89. The molecule has 1 aliphatic carbocycles. The number of nitrogens with one attached hydrogen (secondary N) is 1. The summed E-state index contributed by atoms with van der Waals surface area (Å²) in [6.07, 6.45) is 11.3. The Bertz CT molecular complexity index is 235. The number of hydrogen-bond acceptors (Lipinski definition) is 3. The highest BCUT2D eigenvalue weighted by Gasteiger charge is 2.35. The Labute approximate surface area is 119 Å². The smallest absolute Gasteiger partial charge is 0.0730 e.